The summed E-state index contributed by atoms with van der Waals surface area (Å²) in [6, 6.07) is 0.562. The SMILES string of the molecule is OCCC1CCCCN1C/C=C/Cl. The van der Waals surface area contributed by atoms with Crippen LogP contribution < -0.4 is 0 Å². The van der Waals surface area contributed by atoms with Gasteiger partial charge >= 0.3 is 0 Å². The zero-order chi connectivity index (χ0) is 9.52. The van der Waals surface area contributed by atoms with E-state index in [9.17, 15) is 0 Å². The average Bonchev–Trinajstić information content (AvgIpc) is 2.17. The molecule has 0 radical (unpaired) electrons. The van der Waals surface area contributed by atoms with Gasteiger partial charge in [0.15, 0.2) is 0 Å². The van der Waals surface area contributed by atoms with E-state index in [2.05, 4.69) is 4.90 Å². The summed E-state index contributed by atoms with van der Waals surface area (Å²) in [6.07, 6.45) is 6.66. The average molecular weight is 204 g/mol. The van der Waals surface area contributed by atoms with Gasteiger partial charge in [0.25, 0.3) is 0 Å². The van der Waals surface area contributed by atoms with Gasteiger partial charge in [0.2, 0.25) is 0 Å². The van der Waals surface area contributed by atoms with Crippen molar-refractivity contribution >= 4 is 11.6 Å². The van der Waals surface area contributed by atoms with Crippen molar-refractivity contribution < 1.29 is 5.11 Å². The molecule has 0 aromatic rings. The van der Waals surface area contributed by atoms with Crippen LogP contribution in [0.1, 0.15) is 25.7 Å². The van der Waals surface area contributed by atoms with E-state index < -0.39 is 0 Å². The summed E-state index contributed by atoms with van der Waals surface area (Å²) in [7, 11) is 0. The fourth-order valence-electron chi connectivity index (χ4n) is 1.95. The van der Waals surface area contributed by atoms with Crippen LogP contribution in [0.3, 0.4) is 0 Å². The molecule has 13 heavy (non-hydrogen) atoms. The molecule has 2 nitrogen and oxygen atoms in total. The van der Waals surface area contributed by atoms with Crippen molar-refractivity contribution in [2.45, 2.75) is 31.7 Å². The molecule has 76 valence electrons. The first kappa shape index (κ1) is 11.0. The molecular weight excluding hydrogens is 186 g/mol. The number of hydrogen-bond acceptors (Lipinski definition) is 2. The molecule has 0 spiro atoms. The van der Waals surface area contributed by atoms with Gasteiger partial charge < -0.3 is 5.11 Å². The number of piperidine rings is 1. The topological polar surface area (TPSA) is 23.5 Å². The molecule has 1 aliphatic heterocycles. The van der Waals surface area contributed by atoms with Gasteiger partial charge in [0.05, 0.1) is 0 Å². The van der Waals surface area contributed by atoms with Crippen LogP contribution in [-0.4, -0.2) is 35.7 Å². The minimum absolute atomic E-state index is 0.297. The first-order chi connectivity index (χ1) is 6.38. The number of aliphatic hydroxyl groups is 1. The quantitative estimate of drug-likeness (QED) is 0.756. The highest BCUT2D eigenvalue weighted by molar-refractivity contribution is 6.25. The zero-order valence-electron chi connectivity index (χ0n) is 7.95. The first-order valence-electron chi connectivity index (χ1n) is 4.98. The van der Waals surface area contributed by atoms with E-state index in [1.807, 2.05) is 6.08 Å². The van der Waals surface area contributed by atoms with Gasteiger partial charge in [-0.1, -0.05) is 24.1 Å². The first-order valence-corrected chi connectivity index (χ1v) is 5.42. The van der Waals surface area contributed by atoms with Gasteiger partial charge in [0.1, 0.15) is 0 Å². The number of rotatable bonds is 4. The Morgan fingerprint density at radius 1 is 1.46 bits per heavy atom. The third-order valence-electron chi connectivity index (χ3n) is 2.64. The fraction of sp³-hybridized carbons (Fsp3) is 0.800. The molecule has 1 atom stereocenters. The van der Waals surface area contributed by atoms with Gasteiger partial charge in [-0.05, 0) is 25.8 Å². The maximum absolute atomic E-state index is 8.89. The van der Waals surface area contributed by atoms with Crippen LogP contribution in [0.25, 0.3) is 0 Å². The molecule has 1 saturated heterocycles. The van der Waals surface area contributed by atoms with Crippen LogP contribution in [0.2, 0.25) is 0 Å². The smallest absolute Gasteiger partial charge is 0.0445 e. The van der Waals surface area contributed by atoms with Gasteiger partial charge in [-0.3, -0.25) is 4.90 Å². The predicted octanol–water partition coefficient (Wildman–Crippen LogP) is 1.98. The highest BCUT2D eigenvalue weighted by Crippen LogP contribution is 2.18. The standard InChI is InChI=1S/C10H18ClNO/c11-6-3-8-12-7-2-1-4-10(12)5-9-13/h3,6,10,13H,1-2,4-5,7-9H2/b6-3+. The zero-order valence-corrected chi connectivity index (χ0v) is 8.71. The Morgan fingerprint density at radius 2 is 2.31 bits per heavy atom. The van der Waals surface area contributed by atoms with Gasteiger partial charge in [-0.2, -0.15) is 0 Å². The van der Waals surface area contributed by atoms with Crippen molar-refractivity contribution in [2.75, 3.05) is 19.7 Å². The van der Waals surface area contributed by atoms with E-state index >= 15 is 0 Å². The van der Waals surface area contributed by atoms with Gasteiger partial charge in [-0.15, -0.1) is 0 Å². The summed E-state index contributed by atoms with van der Waals surface area (Å²) in [4.78, 5) is 2.40. The molecule has 1 heterocycles. The monoisotopic (exact) mass is 203 g/mol. The second-order valence-corrected chi connectivity index (χ2v) is 3.77. The molecule has 0 aromatic carbocycles. The van der Waals surface area contributed by atoms with E-state index in [4.69, 9.17) is 16.7 Å². The van der Waals surface area contributed by atoms with Crippen molar-refractivity contribution in [3.8, 4) is 0 Å². The summed E-state index contributed by atoms with van der Waals surface area (Å²) in [6.45, 7) is 2.37. The van der Waals surface area contributed by atoms with Crippen molar-refractivity contribution in [3.63, 3.8) is 0 Å². The van der Waals surface area contributed by atoms with E-state index in [0.29, 0.717) is 12.6 Å². The van der Waals surface area contributed by atoms with Crippen molar-refractivity contribution in [3.05, 3.63) is 11.6 Å². The predicted molar refractivity (Wildman–Crippen MR) is 55.9 cm³/mol. The highest BCUT2D eigenvalue weighted by Gasteiger charge is 2.20. The summed E-state index contributed by atoms with van der Waals surface area (Å²) in [5.74, 6) is 0. The van der Waals surface area contributed by atoms with Crippen LogP contribution in [-0.2, 0) is 0 Å². The largest absolute Gasteiger partial charge is 0.396 e. The molecule has 1 unspecified atom stereocenters. The Bertz CT molecular complexity index is 159. The lowest BCUT2D eigenvalue weighted by Gasteiger charge is -2.34. The molecule has 1 rings (SSSR count). The lowest BCUT2D eigenvalue weighted by molar-refractivity contribution is 0.132. The Balaban J connectivity index is 2.36. The second-order valence-electron chi connectivity index (χ2n) is 3.52. The number of halogens is 1. The maximum Gasteiger partial charge on any atom is 0.0445 e. The fourth-order valence-corrected chi connectivity index (χ4v) is 2.03. The molecular formula is C10H18ClNO. The van der Waals surface area contributed by atoms with Crippen LogP contribution in [0.5, 0.6) is 0 Å². The molecule has 1 aliphatic rings. The maximum atomic E-state index is 8.89. The van der Waals surface area contributed by atoms with E-state index in [0.717, 1.165) is 19.5 Å². The van der Waals surface area contributed by atoms with E-state index in [1.54, 1.807) is 5.54 Å². The number of likely N-dealkylation sites (tertiary alicyclic amines) is 1. The number of aliphatic hydroxyl groups excluding tert-OH is 1. The van der Waals surface area contributed by atoms with Crippen LogP contribution >= 0.6 is 11.6 Å². The Hall–Kier alpha value is -0.0500. The Kier molecular flexibility index (Phi) is 5.44. The third-order valence-corrected chi connectivity index (χ3v) is 2.82. The molecule has 1 N–H and O–H groups in total. The third kappa shape index (κ3) is 3.67. The van der Waals surface area contributed by atoms with Crippen molar-refractivity contribution in [1.82, 2.24) is 4.90 Å². The molecule has 0 aliphatic carbocycles. The lowest BCUT2D eigenvalue weighted by Crippen LogP contribution is -2.40. The molecule has 0 bridgehead atoms. The second kappa shape index (κ2) is 6.41. The molecule has 0 amide bonds. The van der Waals surface area contributed by atoms with Gasteiger partial charge in [0, 0.05) is 24.7 Å². The summed E-state index contributed by atoms with van der Waals surface area (Å²) < 4.78 is 0. The van der Waals surface area contributed by atoms with Crippen LogP contribution in [0.4, 0.5) is 0 Å². The van der Waals surface area contributed by atoms with E-state index in [1.165, 1.54) is 19.3 Å². The molecule has 0 saturated carbocycles. The molecule has 1 fully saturated rings. The summed E-state index contributed by atoms with van der Waals surface area (Å²) in [5, 5.41) is 8.89. The lowest BCUT2D eigenvalue weighted by atomic mass is 10.00. The Labute approximate surface area is 85.2 Å². The van der Waals surface area contributed by atoms with Crippen molar-refractivity contribution in [2.24, 2.45) is 0 Å². The summed E-state index contributed by atoms with van der Waals surface area (Å²) >= 11 is 5.49. The number of nitrogens with zero attached hydrogens (tertiary/aromatic N) is 1. The van der Waals surface area contributed by atoms with Crippen LogP contribution in [0, 0.1) is 0 Å². The van der Waals surface area contributed by atoms with Crippen LogP contribution in [0.15, 0.2) is 11.6 Å². The molecule has 3 heteroatoms. The number of hydrogen-bond donors (Lipinski definition) is 1. The molecule has 0 aromatic heterocycles. The highest BCUT2D eigenvalue weighted by atomic mass is 35.5. The van der Waals surface area contributed by atoms with E-state index in [-0.39, 0.29) is 0 Å². The Morgan fingerprint density at radius 3 is 3.00 bits per heavy atom. The summed E-state index contributed by atoms with van der Waals surface area (Å²) in [5.41, 5.74) is 1.57. The van der Waals surface area contributed by atoms with Gasteiger partial charge in [-0.25, -0.2) is 0 Å². The minimum atomic E-state index is 0.297. The minimum Gasteiger partial charge on any atom is -0.396 e. The normalized spacial score (nSPS) is 25.5. The van der Waals surface area contributed by atoms with Crippen molar-refractivity contribution in [1.29, 1.82) is 0 Å².